The first-order chi connectivity index (χ1) is 13.7. The van der Waals surface area contributed by atoms with Gasteiger partial charge in [0.05, 0.1) is 6.26 Å². The van der Waals surface area contributed by atoms with Gasteiger partial charge < -0.3 is 19.2 Å². The van der Waals surface area contributed by atoms with Crippen molar-refractivity contribution in [2.24, 2.45) is 0 Å². The van der Waals surface area contributed by atoms with E-state index in [1.165, 1.54) is 6.26 Å². The molecule has 3 aromatic rings. The van der Waals surface area contributed by atoms with Crippen LogP contribution in [0.15, 0.2) is 51.6 Å². The van der Waals surface area contributed by atoms with Crippen molar-refractivity contribution in [3.05, 3.63) is 54.1 Å². The second-order valence-electron chi connectivity index (χ2n) is 6.62. The molecule has 0 saturated carbocycles. The Labute approximate surface area is 161 Å². The van der Waals surface area contributed by atoms with Crippen LogP contribution in [0.25, 0.3) is 11.6 Å². The zero-order chi connectivity index (χ0) is 19.3. The molecule has 1 N–H and O–H groups in total. The molecule has 1 aliphatic heterocycles. The fourth-order valence-electron chi connectivity index (χ4n) is 3.14. The molecule has 8 heteroatoms. The minimum absolute atomic E-state index is 0.00455. The Hall–Kier alpha value is -3.42. The van der Waals surface area contributed by atoms with Crippen LogP contribution in [-0.2, 0) is 11.2 Å². The van der Waals surface area contributed by atoms with Crippen LogP contribution in [0.2, 0.25) is 0 Å². The number of rotatable bonds is 6. The summed E-state index contributed by atoms with van der Waals surface area (Å²) in [6.07, 6.45) is 4.11. The van der Waals surface area contributed by atoms with E-state index in [1.54, 1.807) is 36.4 Å². The van der Waals surface area contributed by atoms with Crippen LogP contribution in [0.4, 0.5) is 5.69 Å². The molecule has 4 rings (SSSR count). The van der Waals surface area contributed by atoms with Crippen molar-refractivity contribution in [1.29, 1.82) is 0 Å². The highest BCUT2D eigenvalue weighted by molar-refractivity contribution is 5.97. The van der Waals surface area contributed by atoms with Gasteiger partial charge >= 0.3 is 0 Å². The largest absolute Gasteiger partial charge is 0.461 e. The van der Waals surface area contributed by atoms with Crippen molar-refractivity contribution >= 4 is 17.5 Å². The van der Waals surface area contributed by atoms with Gasteiger partial charge in [-0.3, -0.25) is 9.59 Å². The van der Waals surface area contributed by atoms with E-state index in [9.17, 15) is 9.59 Å². The van der Waals surface area contributed by atoms with Gasteiger partial charge in [-0.15, -0.1) is 0 Å². The van der Waals surface area contributed by atoms with Gasteiger partial charge in [0.25, 0.3) is 5.91 Å². The lowest BCUT2D eigenvalue weighted by Crippen LogP contribution is -2.27. The lowest BCUT2D eigenvalue weighted by molar-refractivity contribution is -0.116. The number of hydrogen-bond acceptors (Lipinski definition) is 6. The van der Waals surface area contributed by atoms with Gasteiger partial charge in [0.1, 0.15) is 0 Å². The zero-order valence-electron chi connectivity index (χ0n) is 15.3. The summed E-state index contributed by atoms with van der Waals surface area (Å²) in [5.74, 6) is 1.04. The Morgan fingerprint density at radius 1 is 1.14 bits per heavy atom. The number of amides is 2. The fourth-order valence-corrected chi connectivity index (χ4v) is 3.14. The summed E-state index contributed by atoms with van der Waals surface area (Å²) in [6.45, 7) is 1.58. The topological polar surface area (TPSA) is 101 Å². The number of nitrogens with zero attached hydrogens (tertiary/aromatic N) is 3. The smallest absolute Gasteiger partial charge is 0.253 e. The lowest BCUT2D eigenvalue weighted by atomic mass is 10.1. The lowest BCUT2D eigenvalue weighted by Gasteiger charge is -2.15. The maximum absolute atomic E-state index is 12.5. The first kappa shape index (κ1) is 18.0. The Balaban J connectivity index is 1.32. The number of likely N-dealkylation sites (tertiary alicyclic amines) is 1. The SMILES string of the molecule is O=C(CCc1nc(-c2ccco2)no1)Nc1cccc(C(=O)N2CCCC2)c1. The second kappa shape index (κ2) is 8.08. The second-order valence-corrected chi connectivity index (χ2v) is 6.62. The van der Waals surface area contributed by atoms with Gasteiger partial charge in [0.15, 0.2) is 5.76 Å². The van der Waals surface area contributed by atoms with Gasteiger partial charge in [0.2, 0.25) is 17.6 Å². The molecule has 8 nitrogen and oxygen atoms in total. The van der Waals surface area contributed by atoms with Crippen molar-refractivity contribution in [3.63, 3.8) is 0 Å². The molecule has 1 aliphatic rings. The first-order valence-electron chi connectivity index (χ1n) is 9.25. The average Bonchev–Trinajstić information content (AvgIpc) is 3.48. The van der Waals surface area contributed by atoms with Crippen molar-refractivity contribution < 1.29 is 18.5 Å². The molecular weight excluding hydrogens is 360 g/mol. The Kier molecular flexibility index (Phi) is 5.18. The number of aromatic nitrogens is 2. The highest BCUT2D eigenvalue weighted by atomic mass is 16.5. The molecule has 3 heterocycles. The first-order valence-corrected chi connectivity index (χ1v) is 9.25. The van der Waals surface area contributed by atoms with E-state index in [1.807, 2.05) is 4.90 Å². The standard InChI is InChI=1S/C20H20N4O4/c25-17(8-9-18-22-19(23-28-18)16-7-4-12-27-16)21-15-6-3-5-14(13-15)20(26)24-10-1-2-11-24/h3-7,12-13H,1-2,8-11H2,(H,21,25). The number of carbonyl (C=O) groups excluding carboxylic acids is 2. The molecule has 0 spiro atoms. The molecule has 0 radical (unpaired) electrons. The van der Waals surface area contributed by atoms with Gasteiger partial charge in [-0.05, 0) is 43.2 Å². The summed E-state index contributed by atoms with van der Waals surface area (Å²) >= 11 is 0. The number of aryl methyl sites for hydroxylation is 1. The van der Waals surface area contributed by atoms with E-state index in [4.69, 9.17) is 8.94 Å². The minimum atomic E-state index is -0.191. The van der Waals surface area contributed by atoms with Crippen LogP contribution >= 0.6 is 0 Å². The van der Waals surface area contributed by atoms with Crippen molar-refractivity contribution in [3.8, 4) is 11.6 Å². The molecule has 1 aromatic carbocycles. The quantitative estimate of drug-likeness (QED) is 0.705. The molecule has 0 bridgehead atoms. The molecular formula is C20H20N4O4. The van der Waals surface area contributed by atoms with Gasteiger partial charge in [0, 0.05) is 37.2 Å². The number of furan rings is 1. The van der Waals surface area contributed by atoms with E-state index in [0.717, 1.165) is 25.9 Å². The van der Waals surface area contributed by atoms with E-state index in [0.29, 0.717) is 35.1 Å². The Morgan fingerprint density at radius 2 is 2.00 bits per heavy atom. The third kappa shape index (κ3) is 4.11. The molecule has 144 valence electrons. The molecule has 0 atom stereocenters. The van der Waals surface area contributed by atoms with Crippen LogP contribution in [0.3, 0.4) is 0 Å². The van der Waals surface area contributed by atoms with Crippen molar-refractivity contribution in [2.45, 2.75) is 25.7 Å². The fraction of sp³-hybridized carbons (Fsp3) is 0.300. The number of benzene rings is 1. The van der Waals surface area contributed by atoms with E-state index >= 15 is 0 Å². The van der Waals surface area contributed by atoms with Crippen molar-refractivity contribution in [1.82, 2.24) is 15.0 Å². The molecule has 1 fully saturated rings. The summed E-state index contributed by atoms with van der Waals surface area (Å²) in [7, 11) is 0. The summed E-state index contributed by atoms with van der Waals surface area (Å²) in [5.41, 5.74) is 1.18. The van der Waals surface area contributed by atoms with Crippen LogP contribution in [0.5, 0.6) is 0 Å². The number of nitrogens with one attached hydrogen (secondary N) is 1. The van der Waals surface area contributed by atoms with Crippen LogP contribution < -0.4 is 5.32 Å². The maximum atomic E-state index is 12.5. The Morgan fingerprint density at radius 3 is 2.79 bits per heavy atom. The molecule has 2 aromatic heterocycles. The molecule has 28 heavy (non-hydrogen) atoms. The summed E-state index contributed by atoms with van der Waals surface area (Å²) in [6, 6.07) is 10.5. The molecule has 1 saturated heterocycles. The van der Waals surface area contributed by atoms with Crippen LogP contribution in [0, 0.1) is 0 Å². The Bertz CT molecular complexity index is 958. The van der Waals surface area contributed by atoms with Crippen LogP contribution in [0.1, 0.15) is 35.5 Å². The van der Waals surface area contributed by atoms with Crippen molar-refractivity contribution in [2.75, 3.05) is 18.4 Å². The van der Waals surface area contributed by atoms with E-state index in [2.05, 4.69) is 15.5 Å². The molecule has 0 unspecified atom stereocenters. The highest BCUT2D eigenvalue weighted by Crippen LogP contribution is 2.18. The van der Waals surface area contributed by atoms with Gasteiger partial charge in [-0.2, -0.15) is 4.98 Å². The predicted octanol–water partition coefficient (Wildman–Crippen LogP) is 3.14. The third-order valence-corrected chi connectivity index (χ3v) is 4.56. The minimum Gasteiger partial charge on any atom is -0.461 e. The third-order valence-electron chi connectivity index (χ3n) is 4.56. The zero-order valence-corrected chi connectivity index (χ0v) is 15.3. The van der Waals surface area contributed by atoms with Gasteiger partial charge in [-0.1, -0.05) is 11.2 Å². The number of carbonyl (C=O) groups is 2. The van der Waals surface area contributed by atoms with E-state index in [-0.39, 0.29) is 18.2 Å². The molecule has 2 amide bonds. The average molecular weight is 380 g/mol. The van der Waals surface area contributed by atoms with Crippen LogP contribution in [-0.4, -0.2) is 39.9 Å². The monoisotopic (exact) mass is 380 g/mol. The maximum Gasteiger partial charge on any atom is 0.253 e. The molecule has 0 aliphatic carbocycles. The summed E-state index contributed by atoms with van der Waals surface area (Å²) in [5, 5.41) is 6.65. The summed E-state index contributed by atoms with van der Waals surface area (Å²) < 4.78 is 10.4. The highest BCUT2D eigenvalue weighted by Gasteiger charge is 2.19. The normalized spacial score (nSPS) is 13.6. The van der Waals surface area contributed by atoms with Gasteiger partial charge in [-0.25, -0.2) is 0 Å². The number of hydrogen-bond donors (Lipinski definition) is 1. The van der Waals surface area contributed by atoms with E-state index < -0.39 is 0 Å². The summed E-state index contributed by atoms with van der Waals surface area (Å²) in [4.78, 5) is 30.8. The number of anilines is 1. The predicted molar refractivity (Wildman–Crippen MR) is 101 cm³/mol.